The Morgan fingerprint density at radius 3 is 2.50 bits per heavy atom. The van der Waals surface area contributed by atoms with Gasteiger partial charge in [-0.1, -0.05) is 23.6 Å². The van der Waals surface area contributed by atoms with Crippen molar-refractivity contribution in [3.05, 3.63) is 23.3 Å². The van der Waals surface area contributed by atoms with Crippen molar-refractivity contribution in [1.82, 2.24) is 0 Å². The zero-order chi connectivity index (χ0) is 15.0. The van der Waals surface area contributed by atoms with E-state index in [9.17, 15) is 9.59 Å². The molecule has 0 amide bonds. The highest BCUT2D eigenvalue weighted by molar-refractivity contribution is 8.13. The number of hydrogen-bond donors (Lipinski definition) is 0. The van der Waals surface area contributed by atoms with Gasteiger partial charge in [-0.05, 0) is 6.07 Å². The maximum Gasteiger partial charge on any atom is 0.185 e. The summed E-state index contributed by atoms with van der Waals surface area (Å²) in [7, 11) is 3.04. The lowest BCUT2D eigenvalue weighted by Crippen LogP contribution is -1.95. The summed E-state index contributed by atoms with van der Waals surface area (Å²) in [4.78, 5) is 21.8. The number of ether oxygens (including phenoxy) is 2. The van der Waals surface area contributed by atoms with E-state index >= 15 is 0 Å². The second-order valence-corrected chi connectivity index (χ2v) is 5.08. The summed E-state index contributed by atoms with van der Waals surface area (Å²) in [5, 5.41) is 0.0755. The Hall–Kier alpha value is -1.93. The molecular formula is C15H16O4S. The lowest BCUT2D eigenvalue weighted by atomic mass is 10.1. The lowest BCUT2D eigenvalue weighted by molar-refractivity contribution is -0.109. The van der Waals surface area contributed by atoms with Crippen LogP contribution < -0.4 is 9.47 Å². The number of thioether (sulfide) groups is 1. The van der Waals surface area contributed by atoms with Crippen molar-refractivity contribution >= 4 is 23.2 Å². The highest BCUT2D eigenvalue weighted by Crippen LogP contribution is 2.29. The first-order valence-corrected chi connectivity index (χ1v) is 6.94. The van der Waals surface area contributed by atoms with E-state index in [-0.39, 0.29) is 5.12 Å². The molecule has 0 fully saturated rings. The fourth-order valence-electron chi connectivity index (χ4n) is 1.50. The Bertz CT molecular complexity index is 555. The van der Waals surface area contributed by atoms with Gasteiger partial charge in [-0.25, -0.2) is 0 Å². The van der Waals surface area contributed by atoms with E-state index in [1.54, 1.807) is 12.1 Å². The lowest BCUT2D eigenvalue weighted by Gasteiger charge is -2.09. The molecule has 0 radical (unpaired) electrons. The van der Waals surface area contributed by atoms with Gasteiger partial charge in [0.25, 0.3) is 0 Å². The summed E-state index contributed by atoms with van der Waals surface area (Å²) in [6.07, 6.45) is 1.31. The van der Waals surface area contributed by atoms with E-state index in [4.69, 9.17) is 9.47 Å². The van der Waals surface area contributed by atoms with Crippen molar-refractivity contribution in [3.8, 4) is 23.3 Å². The molecule has 0 saturated heterocycles. The van der Waals surface area contributed by atoms with Crippen LogP contribution in [0.25, 0.3) is 0 Å². The fourth-order valence-corrected chi connectivity index (χ4v) is 2.00. The average molecular weight is 292 g/mol. The van der Waals surface area contributed by atoms with Crippen molar-refractivity contribution in [2.24, 2.45) is 0 Å². The maximum absolute atomic E-state index is 11.1. The van der Waals surface area contributed by atoms with E-state index in [0.717, 1.165) is 6.29 Å². The molecule has 4 nitrogen and oxygen atoms in total. The van der Waals surface area contributed by atoms with Gasteiger partial charge in [-0.15, -0.1) is 0 Å². The number of aldehydes is 1. The minimum atomic E-state index is 0.0755. The van der Waals surface area contributed by atoms with Gasteiger partial charge in [-0.2, -0.15) is 0 Å². The molecule has 0 spiro atoms. The van der Waals surface area contributed by atoms with Crippen LogP contribution in [0, 0.1) is 11.8 Å². The second-order valence-electron chi connectivity index (χ2n) is 3.80. The number of benzene rings is 1. The normalized spacial score (nSPS) is 9.35. The fraction of sp³-hybridized carbons (Fsp3) is 0.333. The summed E-state index contributed by atoms with van der Waals surface area (Å²) >= 11 is 1.23. The Kier molecular flexibility index (Phi) is 6.68. The Morgan fingerprint density at radius 2 is 1.95 bits per heavy atom. The van der Waals surface area contributed by atoms with Gasteiger partial charge in [0.1, 0.15) is 0 Å². The number of carbonyl (C=O) groups excluding carboxylic acids is 2. The molecule has 0 N–H and O–H groups in total. The summed E-state index contributed by atoms with van der Waals surface area (Å²) in [5.41, 5.74) is 1.04. The van der Waals surface area contributed by atoms with Crippen LogP contribution in [-0.2, 0) is 4.79 Å². The molecule has 20 heavy (non-hydrogen) atoms. The van der Waals surface area contributed by atoms with Crippen LogP contribution in [0.15, 0.2) is 12.1 Å². The van der Waals surface area contributed by atoms with Crippen molar-refractivity contribution in [2.45, 2.75) is 13.3 Å². The van der Waals surface area contributed by atoms with Crippen LogP contribution in [0.5, 0.6) is 11.5 Å². The first kappa shape index (κ1) is 16.1. The monoisotopic (exact) mass is 292 g/mol. The van der Waals surface area contributed by atoms with E-state index in [1.165, 1.54) is 32.9 Å². The van der Waals surface area contributed by atoms with Crippen LogP contribution in [0.2, 0.25) is 0 Å². The topological polar surface area (TPSA) is 52.6 Å². The molecule has 0 atom stereocenters. The predicted molar refractivity (Wildman–Crippen MR) is 79.6 cm³/mol. The highest BCUT2D eigenvalue weighted by Gasteiger charge is 2.09. The molecule has 1 aromatic rings. The summed E-state index contributed by atoms with van der Waals surface area (Å²) < 4.78 is 10.3. The molecular weight excluding hydrogens is 276 g/mol. The van der Waals surface area contributed by atoms with Crippen molar-refractivity contribution in [2.75, 3.05) is 20.0 Å². The van der Waals surface area contributed by atoms with Crippen LogP contribution in [-0.4, -0.2) is 31.4 Å². The third kappa shape index (κ3) is 4.63. The van der Waals surface area contributed by atoms with Gasteiger partial charge in [0.05, 0.1) is 14.2 Å². The van der Waals surface area contributed by atoms with Crippen molar-refractivity contribution in [1.29, 1.82) is 0 Å². The minimum absolute atomic E-state index is 0.0755. The molecule has 0 heterocycles. The summed E-state index contributed by atoms with van der Waals surface area (Å²) in [6, 6.07) is 3.27. The zero-order valence-corrected chi connectivity index (χ0v) is 12.5. The third-order valence-corrected chi connectivity index (χ3v) is 3.25. The largest absolute Gasteiger partial charge is 0.493 e. The quantitative estimate of drug-likeness (QED) is 0.474. The first-order valence-electron chi connectivity index (χ1n) is 5.95. The molecule has 0 unspecified atom stereocenters. The van der Waals surface area contributed by atoms with Crippen molar-refractivity contribution in [3.63, 3.8) is 0 Å². The van der Waals surface area contributed by atoms with Crippen LogP contribution in [0.3, 0.4) is 0 Å². The van der Waals surface area contributed by atoms with Crippen LogP contribution in [0.1, 0.15) is 29.3 Å². The molecule has 0 aromatic heterocycles. The Balaban J connectivity index is 2.91. The predicted octanol–water partition coefficient (Wildman–Crippen LogP) is 2.54. The van der Waals surface area contributed by atoms with Gasteiger partial charge in [0.2, 0.25) is 0 Å². The first-order chi connectivity index (χ1) is 9.62. The number of rotatable bonds is 5. The molecule has 0 aliphatic rings. The second kappa shape index (κ2) is 8.28. The van der Waals surface area contributed by atoms with Gasteiger partial charge in [0, 0.05) is 36.3 Å². The maximum atomic E-state index is 11.1. The third-order valence-electron chi connectivity index (χ3n) is 2.44. The highest BCUT2D eigenvalue weighted by atomic mass is 32.2. The Morgan fingerprint density at radius 1 is 1.30 bits per heavy atom. The zero-order valence-electron chi connectivity index (χ0n) is 11.7. The SMILES string of the molecule is COc1cc(C#CCCSC(C)=O)c(C=O)cc1OC. The van der Waals surface area contributed by atoms with Crippen molar-refractivity contribution < 1.29 is 19.1 Å². The number of carbonyl (C=O) groups is 2. The van der Waals surface area contributed by atoms with Gasteiger partial charge >= 0.3 is 0 Å². The minimum Gasteiger partial charge on any atom is -0.493 e. The number of methoxy groups -OCH3 is 2. The standard InChI is InChI=1S/C15H16O4S/c1-11(17)20-7-5-4-6-12-8-14(18-2)15(19-3)9-13(12)10-16/h8-10H,5,7H2,1-3H3. The van der Waals surface area contributed by atoms with E-state index in [0.29, 0.717) is 34.8 Å². The van der Waals surface area contributed by atoms with Crippen LogP contribution in [0.4, 0.5) is 0 Å². The van der Waals surface area contributed by atoms with Crippen LogP contribution >= 0.6 is 11.8 Å². The van der Waals surface area contributed by atoms with E-state index in [2.05, 4.69) is 11.8 Å². The Labute approximate surface area is 122 Å². The molecule has 0 aliphatic carbocycles. The van der Waals surface area contributed by atoms with Gasteiger partial charge < -0.3 is 9.47 Å². The number of hydrogen-bond acceptors (Lipinski definition) is 5. The van der Waals surface area contributed by atoms with E-state index < -0.39 is 0 Å². The van der Waals surface area contributed by atoms with Gasteiger partial charge in [0.15, 0.2) is 22.9 Å². The van der Waals surface area contributed by atoms with Gasteiger partial charge in [-0.3, -0.25) is 9.59 Å². The smallest absolute Gasteiger partial charge is 0.185 e. The molecule has 0 saturated carbocycles. The van der Waals surface area contributed by atoms with E-state index in [1.807, 2.05) is 0 Å². The molecule has 1 rings (SSSR count). The molecule has 0 bridgehead atoms. The molecule has 106 valence electrons. The summed E-state index contributed by atoms with van der Waals surface area (Å²) in [5.74, 6) is 7.53. The molecule has 5 heteroatoms. The molecule has 0 aliphatic heterocycles. The summed E-state index contributed by atoms with van der Waals surface area (Å²) in [6.45, 7) is 1.52. The molecule has 1 aromatic carbocycles. The average Bonchev–Trinajstić information content (AvgIpc) is 2.45.